The maximum atomic E-state index is 12.6. The van der Waals surface area contributed by atoms with Crippen molar-refractivity contribution in [2.45, 2.75) is 12.7 Å². The molecule has 0 fully saturated rings. The van der Waals surface area contributed by atoms with Gasteiger partial charge in [-0.25, -0.2) is 4.68 Å². The van der Waals surface area contributed by atoms with Gasteiger partial charge in [-0.2, -0.15) is 23.0 Å². The number of hydrogen-bond acceptors (Lipinski definition) is 5. The Morgan fingerprint density at radius 2 is 1.80 bits per heavy atom. The van der Waals surface area contributed by atoms with E-state index in [0.29, 0.717) is 5.69 Å². The molecule has 2 heterocycles. The quantitative estimate of drug-likeness (QED) is 0.686. The van der Waals surface area contributed by atoms with Crippen molar-refractivity contribution in [2.75, 3.05) is 0 Å². The van der Waals surface area contributed by atoms with Crippen LogP contribution in [0.15, 0.2) is 35.3 Å². The van der Waals surface area contributed by atoms with Gasteiger partial charge in [0.25, 0.3) is 5.56 Å². The predicted octanol–water partition coefficient (Wildman–Crippen LogP) is 2.59. The van der Waals surface area contributed by atoms with Gasteiger partial charge in [-0.1, -0.05) is 23.2 Å². The van der Waals surface area contributed by atoms with Crippen LogP contribution in [-0.4, -0.2) is 30.0 Å². The number of tetrazole rings is 1. The van der Waals surface area contributed by atoms with Crippen LogP contribution < -0.4 is 5.56 Å². The number of rotatable bonds is 3. The molecule has 3 aromatic rings. The zero-order chi connectivity index (χ0) is 18.2. The Hall–Kier alpha value is -2.46. The molecule has 0 aliphatic heterocycles. The van der Waals surface area contributed by atoms with Crippen LogP contribution in [0, 0.1) is 0 Å². The van der Waals surface area contributed by atoms with E-state index in [1.54, 1.807) is 0 Å². The lowest BCUT2D eigenvalue weighted by Crippen LogP contribution is -2.25. The summed E-state index contributed by atoms with van der Waals surface area (Å²) in [6, 6.07) is 4.25. The molecule has 7 nitrogen and oxygen atoms in total. The van der Waals surface area contributed by atoms with E-state index >= 15 is 0 Å². The summed E-state index contributed by atoms with van der Waals surface area (Å²) in [4.78, 5) is 12.0. The van der Waals surface area contributed by atoms with E-state index in [2.05, 4.69) is 20.6 Å². The van der Waals surface area contributed by atoms with E-state index in [1.807, 2.05) is 0 Å². The van der Waals surface area contributed by atoms with Gasteiger partial charge in [0, 0.05) is 0 Å². The molecule has 0 unspecified atom stereocenters. The molecule has 2 aromatic heterocycles. The number of alkyl halides is 3. The summed E-state index contributed by atoms with van der Waals surface area (Å²) in [5, 5.41) is 14.6. The molecule has 0 bridgehead atoms. The second-order valence-electron chi connectivity index (χ2n) is 4.82. The predicted molar refractivity (Wildman–Crippen MR) is 81.8 cm³/mol. The molecule has 3 rings (SSSR count). The van der Waals surface area contributed by atoms with Crippen LogP contribution >= 0.6 is 23.2 Å². The first kappa shape index (κ1) is 17.4. The van der Waals surface area contributed by atoms with E-state index in [4.69, 9.17) is 23.2 Å². The van der Waals surface area contributed by atoms with Crippen LogP contribution in [-0.2, 0) is 12.7 Å². The van der Waals surface area contributed by atoms with Crippen LogP contribution in [0.4, 0.5) is 13.2 Å². The normalized spacial score (nSPS) is 11.7. The molecule has 0 saturated carbocycles. The summed E-state index contributed by atoms with van der Waals surface area (Å²) in [6.07, 6.45) is -3.25. The molecule has 0 amide bonds. The van der Waals surface area contributed by atoms with Crippen LogP contribution in [0.25, 0.3) is 5.69 Å². The molecule has 0 spiro atoms. The Kier molecular flexibility index (Phi) is 4.48. The molecule has 0 aliphatic rings. The molecule has 1 aromatic carbocycles. The first-order valence-corrected chi connectivity index (χ1v) is 7.39. The van der Waals surface area contributed by atoms with Gasteiger partial charge in [-0.15, -0.1) is 5.10 Å². The van der Waals surface area contributed by atoms with E-state index in [0.717, 1.165) is 16.8 Å². The molecule has 130 valence electrons. The first-order chi connectivity index (χ1) is 11.8. The van der Waals surface area contributed by atoms with Gasteiger partial charge < -0.3 is 0 Å². The van der Waals surface area contributed by atoms with Gasteiger partial charge in [0.15, 0.2) is 5.82 Å². The van der Waals surface area contributed by atoms with Gasteiger partial charge in [-0.3, -0.25) is 4.79 Å². The van der Waals surface area contributed by atoms with Crippen molar-refractivity contribution < 1.29 is 13.2 Å². The lowest BCUT2D eigenvalue weighted by Gasteiger charge is -2.09. The molecular formula is C13H7Cl2F3N6O. The SMILES string of the molecule is O=c1c(Cl)c(Cl)cnn1Cc1nnnn1-c1ccc(C(F)(F)F)cc1. The molecule has 0 N–H and O–H groups in total. The van der Waals surface area contributed by atoms with Crippen molar-refractivity contribution >= 4 is 23.2 Å². The number of benzene rings is 1. The Bertz CT molecular complexity index is 967. The summed E-state index contributed by atoms with van der Waals surface area (Å²) in [5.41, 5.74) is -1.15. The fourth-order valence-electron chi connectivity index (χ4n) is 1.99. The highest BCUT2D eigenvalue weighted by molar-refractivity contribution is 6.41. The summed E-state index contributed by atoms with van der Waals surface area (Å²) in [6.45, 7) is -0.149. The van der Waals surface area contributed by atoms with Crippen molar-refractivity contribution in [3.05, 3.63) is 62.2 Å². The topological polar surface area (TPSA) is 78.5 Å². The fourth-order valence-corrected chi connectivity index (χ4v) is 2.26. The molecule has 0 aliphatic carbocycles. The standard InChI is InChI=1S/C13H7Cl2F3N6O/c14-9-5-19-23(12(25)11(9)15)6-10-20-21-22-24(10)8-3-1-7(2-4-8)13(16,17)18/h1-5H,6H2. The Labute approximate surface area is 147 Å². The molecule has 12 heteroatoms. The first-order valence-electron chi connectivity index (χ1n) is 6.63. The largest absolute Gasteiger partial charge is 0.416 e. The minimum Gasteiger partial charge on any atom is -0.266 e. The highest BCUT2D eigenvalue weighted by Crippen LogP contribution is 2.29. The highest BCUT2D eigenvalue weighted by Gasteiger charge is 2.30. The van der Waals surface area contributed by atoms with Crippen molar-refractivity contribution in [3.8, 4) is 5.69 Å². The van der Waals surface area contributed by atoms with Crippen molar-refractivity contribution in [1.82, 2.24) is 30.0 Å². The van der Waals surface area contributed by atoms with E-state index in [9.17, 15) is 18.0 Å². The minimum atomic E-state index is -4.45. The van der Waals surface area contributed by atoms with Crippen LogP contribution in [0.2, 0.25) is 10.0 Å². The number of hydrogen-bond donors (Lipinski definition) is 0. The van der Waals surface area contributed by atoms with E-state index in [1.165, 1.54) is 23.0 Å². The van der Waals surface area contributed by atoms with Crippen LogP contribution in [0.5, 0.6) is 0 Å². The summed E-state index contributed by atoms with van der Waals surface area (Å²) in [5.74, 6) is 0.174. The Balaban J connectivity index is 1.94. The van der Waals surface area contributed by atoms with Gasteiger partial charge in [0.2, 0.25) is 0 Å². The maximum absolute atomic E-state index is 12.6. The summed E-state index contributed by atoms with van der Waals surface area (Å²) in [7, 11) is 0. The number of halogens is 5. The van der Waals surface area contributed by atoms with E-state index in [-0.39, 0.29) is 22.4 Å². The maximum Gasteiger partial charge on any atom is 0.416 e. The average molecular weight is 391 g/mol. The zero-order valence-corrected chi connectivity index (χ0v) is 13.6. The summed E-state index contributed by atoms with van der Waals surface area (Å²) < 4.78 is 40.1. The third-order valence-electron chi connectivity index (χ3n) is 3.21. The zero-order valence-electron chi connectivity index (χ0n) is 12.1. The molecule has 0 saturated heterocycles. The number of nitrogens with zero attached hydrogens (tertiary/aromatic N) is 6. The fraction of sp³-hybridized carbons (Fsp3) is 0.154. The minimum absolute atomic E-state index is 0.00486. The Morgan fingerprint density at radius 1 is 1.12 bits per heavy atom. The van der Waals surface area contributed by atoms with Crippen LogP contribution in [0.3, 0.4) is 0 Å². The third kappa shape index (κ3) is 3.49. The van der Waals surface area contributed by atoms with Gasteiger partial charge >= 0.3 is 6.18 Å². The van der Waals surface area contributed by atoms with Crippen LogP contribution in [0.1, 0.15) is 11.4 Å². The second kappa shape index (κ2) is 6.45. The van der Waals surface area contributed by atoms with Crippen molar-refractivity contribution in [3.63, 3.8) is 0 Å². The van der Waals surface area contributed by atoms with Gasteiger partial charge in [-0.05, 0) is 34.7 Å². The lowest BCUT2D eigenvalue weighted by atomic mass is 10.2. The van der Waals surface area contributed by atoms with E-state index < -0.39 is 17.3 Å². The smallest absolute Gasteiger partial charge is 0.266 e. The lowest BCUT2D eigenvalue weighted by molar-refractivity contribution is -0.137. The van der Waals surface area contributed by atoms with Crippen molar-refractivity contribution in [2.24, 2.45) is 0 Å². The molecule has 0 radical (unpaired) electrons. The second-order valence-corrected chi connectivity index (χ2v) is 5.61. The average Bonchev–Trinajstić information content (AvgIpc) is 3.03. The van der Waals surface area contributed by atoms with Crippen molar-refractivity contribution in [1.29, 1.82) is 0 Å². The van der Waals surface area contributed by atoms with Gasteiger partial charge in [0.05, 0.1) is 22.5 Å². The third-order valence-corrected chi connectivity index (χ3v) is 3.96. The number of aromatic nitrogens is 6. The molecular weight excluding hydrogens is 384 g/mol. The monoisotopic (exact) mass is 390 g/mol. The highest BCUT2D eigenvalue weighted by atomic mass is 35.5. The summed E-state index contributed by atoms with van der Waals surface area (Å²) >= 11 is 11.5. The Morgan fingerprint density at radius 3 is 2.44 bits per heavy atom. The van der Waals surface area contributed by atoms with Gasteiger partial charge in [0.1, 0.15) is 11.6 Å². The molecule has 25 heavy (non-hydrogen) atoms. The molecule has 0 atom stereocenters.